The van der Waals surface area contributed by atoms with Gasteiger partial charge in [-0.2, -0.15) is 0 Å². The average Bonchev–Trinajstić information content (AvgIpc) is 2.65. The van der Waals surface area contributed by atoms with Crippen LogP contribution in [0.2, 0.25) is 5.02 Å². The zero-order valence-electron chi connectivity index (χ0n) is 15.4. The van der Waals surface area contributed by atoms with E-state index in [1.165, 1.54) is 24.3 Å². The fourth-order valence-electron chi connectivity index (χ4n) is 2.73. The fraction of sp³-hybridized carbons (Fsp3) is 0.0952. The van der Waals surface area contributed by atoms with Crippen LogP contribution in [0.15, 0.2) is 71.6 Å². The van der Waals surface area contributed by atoms with Crippen LogP contribution in [-0.4, -0.2) is 14.3 Å². The summed E-state index contributed by atoms with van der Waals surface area (Å²) in [5.74, 6) is -0.805. The van der Waals surface area contributed by atoms with Crippen LogP contribution in [0, 0.1) is 12.7 Å². The van der Waals surface area contributed by atoms with Gasteiger partial charge in [0.25, 0.3) is 10.0 Å². The molecule has 0 fully saturated rings. The summed E-state index contributed by atoms with van der Waals surface area (Å²) in [5, 5.41) is 3.14. The van der Waals surface area contributed by atoms with E-state index in [9.17, 15) is 17.6 Å². The molecule has 0 saturated carbocycles. The van der Waals surface area contributed by atoms with E-state index < -0.39 is 15.8 Å². The van der Waals surface area contributed by atoms with Crippen LogP contribution in [0.5, 0.6) is 0 Å². The van der Waals surface area contributed by atoms with E-state index in [1.54, 1.807) is 49.4 Å². The van der Waals surface area contributed by atoms with Gasteiger partial charge in [-0.3, -0.25) is 9.52 Å². The lowest BCUT2D eigenvalue weighted by molar-refractivity contribution is -0.115. The minimum Gasteiger partial charge on any atom is -0.326 e. The zero-order chi connectivity index (χ0) is 21.0. The molecule has 0 radical (unpaired) electrons. The first-order valence-corrected chi connectivity index (χ1v) is 10.5. The lowest BCUT2D eigenvalue weighted by atomic mass is 10.1. The first-order valence-electron chi connectivity index (χ1n) is 8.66. The largest absolute Gasteiger partial charge is 0.326 e. The van der Waals surface area contributed by atoms with E-state index in [0.29, 0.717) is 27.5 Å². The van der Waals surface area contributed by atoms with Crippen molar-refractivity contribution in [2.24, 2.45) is 0 Å². The number of aryl methyl sites for hydroxylation is 1. The Labute approximate surface area is 173 Å². The van der Waals surface area contributed by atoms with E-state index in [2.05, 4.69) is 10.0 Å². The Morgan fingerprint density at radius 3 is 2.38 bits per heavy atom. The van der Waals surface area contributed by atoms with Gasteiger partial charge in [0.15, 0.2) is 0 Å². The van der Waals surface area contributed by atoms with Crippen molar-refractivity contribution < 1.29 is 17.6 Å². The van der Waals surface area contributed by atoms with Crippen LogP contribution < -0.4 is 10.0 Å². The highest BCUT2D eigenvalue weighted by atomic mass is 35.5. The predicted octanol–water partition coefficient (Wildman–Crippen LogP) is 4.77. The third-order valence-electron chi connectivity index (χ3n) is 4.11. The second-order valence-corrected chi connectivity index (χ2v) is 8.53. The van der Waals surface area contributed by atoms with Crippen molar-refractivity contribution in [1.29, 1.82) is 0 Å². The molecule has 3 aromatic rings. The summed E-state index contributed by atoms with van der Waals surface area (Å²) in [4.78, 5) is 12.3. The Kier molecular flexibility index (Phi) is 6.20. The third-order valence-corrected chi connectivity index (χ3v) is 5.89. The Balaban J connectivity index is 1.78. The first-order chi connectivity index (χ1) is 13.7. The molecule has 3 aromatic carbocycles. The Morgan fingerprint density at radius 1 is 1.00 bits per heavy atom. The highest BCUT2D eigenvalue weighted by Crippen LogP contribution is 2.24. The molecule has 0 aliphatic rings. The Bertz CT molecular complexity index is 1150. The normalized spacial score (nSPS) is 11.1. The molecular weight excluding hydrogens is 415 g/mol. The second kappa shape index (κ2) is 8.63. The van der Waals surface area contributed by atoms with Crippen LogP contribution in [0.1, 0.15) is 11.1 Å². The molecule has 1 amide bonds. The molecule has 0 aromatic heterocycles. The summed E-state index contributed by atoms with van der Waals surface area (Å²) in [6.45, 7) is 1.66. The number of amides is 1. The monoisotopic (exact) mass is 432 g/mol. The van der Waals surface area contributed by atoms with Crippen molar-refractivity contribution in [3.05, 3.63) is 88.7 Å². The maximum Gasteiger partial charge on any atom is 0.262 e. The molecule has 2 N–H and O–H groups in total. The fourth-order valence-corrected chi connectivity index (χ4v) is 4.19. The van der Waals surface area contributed by atoms with E-state index in [4.69, 9.17) is 11.6 Å². The van der Waals surface area contributed by atoms with Gasteiger partial charge in [-0.1, -0.05) is 29.8 Å². The van der Waals surface area contributed by atoms with Crippen molar-refractivity contribution in [2.75, 3.05) is 10.0 Å². The molecule has 29 heavy (non-hydrogen) atoms. The number of halogens is 2. The summed E-state index contributed by atoms with van der Waals surface area (Å²) in [5.41, 5.74) is 1.74. The topological polar surface area (TPSA) is 75.3 Å². The number of carbonyl (C=O) groups is 1. The summed E-state index contributed by atoms with van der Waals surface area (Å²) >= 11 is 5.82. The molecule has 0 atom stereocenters. The van der Waals surface area contributed by atoms with E-state index in [1.807, 2.05) is 0 Å². The van der Waals surface area contributed by atoms with Crippen LogP contribution in [0.4, 0.5) is 15.8 Å². The van der Waals surface area contributed by atoms with Crippen LogP contribution in [0.25, 0.3) is 0 Å². The molecule has 0 heterocycles. The number of rotatable bonds is 6. The Morgan fingerprint density at radius 2 is 1.69 bits per heavy atom. The summed E-state index contributed by atoms with van der Waals surface area (Å²) in [6.07, 6.45) is -0.0310. The minimum absolute atomic E-state index is 0.0310. The Hall–Kier alpha value is -2.90. The van der Waals surface area contributed by atoms with E-state index in [0.717, 1.165) is 0 Å². The summed E-state index contributed by atoms with van der Waals surface area (Å²) < 4.78 is 41.3. The number of hydrogen-bond acceptors (Lipinski definition) is 3. The van der Waals surface area contributed by atoms with Crippen LogP contribution in [-0.2, 0) is 21.2 Å². The van der Waals surface area contributed by atoms with E-state index in [-0.39, 0.29) is 17.2 Å². The number of benzene rings is 3. The van der Waals surface area contributed by atoms with Crippen LogP contribution >= 0.6 is 11.6 Å². The van der Waals surface area contributed by atoms with Gasteiger partial charge in [0, 0.05) is 16.4 Å². The van der Waals surface area contributed by atoms with Crippen molar-refractivity contribution in [2.45, 2.75) is 18.2 Å². The van der Waals surface area contributed by atoms with Crippen molar-refractivity contribution in [3.8, 4) is 0 Å². The number of anilines is 2. The number of carbonyl (C=O) groups excluding carboxylic acids is 1. The SMILES string of the molecule is Cc1ccc(NC(=O)Cc2cccc(F)c2)cc1S(=O)(=O)Nc1ccc(Cl)cc1. The molecule has 3 rings (SSSR count). The molecule has 150 valence electrons. The summed E-state index contributed by atoms with van der Waals surface area (Å²) in [7, 11) is -3.87. The standard InChI is InChI=1S/C21H18ClFN2O3S/c1-14-5-8-19(24-21(26)12-15-3-2-4-17(23)11-15)13-20(14)29(27,28)25-18-9-6-16(22)7-10-18/h2-11,13,25H,12H2,1H3,(H,24,26). The molecule has 0 saturated heterocycles. The maximum absolute atomic E-state index is 13.3. The van der Waals surface area contributed by atoms with Gasteiger partial charge < -0.3 is 5.32 Å². The van der Waals surface area contributed by atoms with Crippen LogP contribution in [0.3, 0.4) is 0 Å². The van der Waals surface area contributed by atoms with Gasteiger partial charge >= 0.3 is 0 Å². The van der Waals surface area contributed by atoms with Crippen molar-refractivity contribution in [1.82, 2.24) is 0 Å². The van der Waals surface area contributed by atoms with Gasteiger partial charge in [-0.25, -0.2) is 12.8 Å². The molecule has 0 aliphatic carbocycles. The molecule has 0 aliphatic heterocycles. The smallest absolute Gasteiger partial charge is 0.262 e. The van der Waals surface area contributed by atoms with E-state index >= 15 is 0 Å². The molecule has 8 heteroatoms. The number of sulfonamides is 1. The average molecular weight is 433 g/mol. The molecule has 0 bridgehead atoms. The van der Waals surface area contributed by atoms with Crippen molar-refractivity contribution in [3.63, 3.8) is 0 Å². The second-order valence-electron chi connectivity index (χ2n) is 6.45. The zero-order valence-corrected chi connectivity index (χ0v) is 17.0. The quantitative estimate of drug-likeness (QED) is 0.589. The number of hydrogen-bond donors (Lipinski definition) is 2. The lowest BCUT2D eigenvalue weighted by Crippen LogP contribution is -2.17. The highest BCUT2D eigenvalue weighted by Gasteiger charge is 2.18. The molecular formula is C21H18ClFN2O3S. The molecule has 5 nitrogen and oxygen atoms in total. The lowest BCUT2D eigenvalue weighted by Gasteiger charge is -2.13. The predicted molar refractivity (Wildman–Crippen MR) is 112 cm³/mol. The maximum atomic E-state index is 13.3. The van der Waals surface area contributed by atoms with Gasteiger partial charge in [0.1, 0.15) is 5.82 Å². The molecule has 0 unspecified atom stereocenters. The van der Waals surface area contributed by atoms with Crippen molar-refractivity contribution >= 4 is 38.9 Å². The first kappa shape index (κ1) is 20.8. The molecule has 0 spiro atoms. The minimum atomic E-state index is -3.87. The van der Waals surface area contributed by atoms with Gasteiger partial charge in [-0.15, -0.1) is 0 Å². The number of nitrogens with one attached hydrogen (secondary N) is 2. The van der Waals surface area contributed by atoms with Gasteiger partial charge in [-0.05, 0) is 66.6 Å². The van der Waals surface area contributed by atoms with Gasteiger partial charge in [0.2, 0.25) is 5.91 Å². The van der Waals surface area contributed by atoms with Gasteiger partial charge in [0.05, 0.1) is 11.3 Å². The highest BCUT2D eigenvalue weighted by molar-refractivity contribution is 7.92. The summed E-state index contributed by atoms with van der Waals surface area (Å²) in [6, 6.07) is 16.6. The third kappa shape index (κ3) is 5.56.